The summed E-state index contributed by atoms with van der Waals surface area (Å²) in [6.07, 6.45) is 0.860. The molecule has 1 amide bonds. The van der Waals surface area contributed by atoms with E-state index in [1.165, 1.54) is 6.07 Å². The number of rotatable bonds is 5. The lowest BCUT2D eigenvalue weighted by Gasteiger charge is -2.27. The molecule has 2 rings (SSSR count). The van der Waals surface area contributed by atoms with Crippen LogP contribution in [0.2, 0.25) is 0 Å². The van der Waals surface area contributed by atoms with Crippen LogP contribution in [-0.2, 0) is 4.74 Å². The van der Waals surface area contributed by atoms with E-state index in [4.69, 9.17) is 4.74 Å². The molecule has 0 spiro atoms. The number of anilines is 1. The lowest BCUT2D eigenvalue weighted by Crippen LogP contribution is -2.48. The summed E-state index contributed by atoms with van der Waals surface area (Å²) in [5.74, 6) is -0.710. The van der Waals surface area contributed by atoms with Crippen molar-refractivity contribution >= 4 is 11.6 Å². The second-order valence-corrected chi connectivity index (χ2v) is 4.63. The van der Waals surface area contributed by atoms with E-state index in [0.717, 1.165) is 6.42 Å². The molecule has 1 aliphatic heterocycles. The van der Waals surface area contributed by atoms with Gasteiger partial charge in [0.2, 0.25) is 0 Å². The van der Waals surface area contributed by atoms with E-state index in [1.54, 1.807) is 17.1 Å². The van der Waals surface area contributed by atoms with Gasteiger partial charge in [-0.15, -0.1) is 0 Å². The predicted octanol–water partition coefficient (Wildman–Crippen LogP) is 1.62. The number of hydrazine groups is 1. The molecule has 0 radical (unpaired) electrons. The van der Waals surface area contributed by atoms with Gasteiger partial charge in [0.1, 0.15) is 5.82 Å². The first-order valence-corrected chi connectivity index (χ1v) is 6.88. The average Bonchev–Trinajstić information content (AvgIpc) is 2.47. The lowest BCUT2D eigenvalue weighted by atomic mass is 10.1. The largest absolute Gasteiger partial charge is 0.382 e. The van der Waals surface area contributed by atoms with E-state index >= 15 is 0 Å². The van der Waals surface area contributed by atoms with Crippen LogP contribution in [0.5, 0.6) is 0 Å². The van der Waals surface area contributed by atoms with Crippen molar-refractivity contribution in [2.75, 3.05) is 38.2 Å². The van der Waals surface area contributed by atoms with Crippen molar-refractivity contribution in [2.45, 2.75) is 13.3 Å². The molecule has 1 fully saturated rings. The predicted molar refractivity (Wildman–Crippen MR) is 75.0 cm³/mol. The Bertz CT molecular complexity index is 462. The number of carbonyl (C=O) groups is 1. The smallest absolute Gasteiger partial charge is 0.267 e. The highest BCUT2D eigenvalue weighted by molar-refractivity contribution is 5.99. The number of morpholine rings is 1. The van der Waals surface area contributed by atoms with Crippen LogP contribution in [0.3, 0.4) is 0 Å². The van der Waals surface area contributed by atoms with Gasteiger partial charge in [-0.2, -0.15) is 0 Å². The number of nitrogens with one attached hydrogen (secondary N) is 2. The number of hydrogen-bond acceptors (Lipinski definition) is 4. The summed E-state index contributed by atoms with van der Waals surface area (Å²) in [6, 6.07) is 4.51. The van der Waals surface area contributed by atoms with E-state index < -0.39 is 5.82 Å². The number of benzene rings is 1. The number of ether oxygens (including phenoxy) is 1. The van der Waals surface area contributed by atoms with Gasteiger partial charge in [0.25, 0.3) is 5.91 Å². The second-order valence-electron chi connectivity index (χ2n) is 4.63. The molecule has 1 heterocycles. The van der Waals surface area contributed by atoms with Crippen molar-refractivity contribution in [1.82, 2.24) is 10.4 Å². The number of nitrogens with zero attached hydrogens (tertiary/aromatic N) is 1. The SMILES string of the molecule is CCCNc1c(F)cccc1C(=O)NN1CCOCC1. The standard InChI is InChI=1S/C14H20FN3O2/c1-2-6-16-13-11(4-3-5-12(13)15)14(19)17-18-7-9-20-10-8-18/h3-5,16H,2,6-10H2,1H3,(H,17,19). The van der Waals surface area contributed by atoms with Crippen LogP contribution in [0.4, 0.5) is 10.1 Å². The van der Waals surface area contributed by atoms with Crippen LogP contribution >= 0.6 is 0 Å². The van der Waals surface area contributed by atoms with Gasteiger partial charge in [0.05, 0.1) is 24.5 Å². The average molecular weight is 281 g/mol. The molecule has 5 nitrogen and oxygen atoms in total. The van der Waals surface area contributed by atoms with Gasteiger partial charge >= 0.3 is 0 Å². The molecule has 0 saturated carbocycles. The number of hydrogen-bond donors (Lipinski definition) is 2. The minimum absolute atomic E-state index is 0.264. The molecule has 1 aromatic rings. The van der Waals surface area contributed by atoms with Crippen molar-refractivity contribution in [2.24, 2.45) is 0 Å². The first kappa shape index (κ1) is 14.7. The number of carbonyl (C=O) groups excluding carboxylic acids is 1. The molecule has 1 aliphatic rings. The summed E-state index contributed by atoms with van der Waals surface area (Å²) in [5, 5.41) is 4.76. The van der Waals surface area contributed by atoms with E-state index in [-0.39, 0.29) is 11.6 Å². The molecular weight excluding hydrogens is 261 g/mol. The fourth-order valence-electron chi connectivity index (χ4n) is 2.02. The maximum absolute atomic E-state index is 13.8. The van der Waals surface area contributed by atoms with Crippen LogP contribution < -0.4 is 10.7 Å². The molecule has 110 valence electrons. The Balaban J connectivity index is 2.09. The number of halogens is 1. The highest BCUT2D eigenvalue weighted by Gasteiger charge is 2.18. The highest BCUT2D eigenvalue weighted by Crippen LogP contribution is 2.20. The van der Waals surface area contributed by atoms with Gasteiger partial charge < -0.3 is 10.1 Å². The van der Waals surface area contributed by atoms with E-state index in [2.05, 4.69) is 10.7 Å². The molecule has 1 saturated heterocycles. The summed E-state index contributed by atoms with van der Waals surface area (Å²) in [4.78, 5) is 12.2. The van der Waals surface area contributed by atoms with Gasteiger partial charge in [-0.1, -0.05) is 13.0 Å². The zero-order chi connectivity index (χ0) is 14.4. The fraction of sp³-hybridized carbons (Fsp3) is 0.500. The van der Waals surface area contributed by atoms with Gasteiger partial charge in [-0.25, -0.2) is 9.40 Å². The molecule has 1 aromatic carbocycles. The highest BCUT2D eigenvalue weighted by atomic mass is 19.1. The topological polar surface area (TPSA) is 53.6 Å². The monoisotopic (exact) mass is 281 g/mol. The van der Waals surface area contributed by atoms with Crippen LogP contribution in [0, 0.1) is 5.82 Å². The Hall–Kier alpha value is -1.66. The van der Waals surface area contributed by atoms with Crippen LogP contribution in [0.1, 0.15) is 23.7 Å². The van der Waals surface area contributed by atoms with Crippen molar-refractivity contribution in [3.63, 3.8) is 0 Å². The van der Waals surface area contributed by atoms with Crippen LogP contribution in [-0.4, -0.2) is 43.8 Å². The Labute approximate surface area is 118 Å². The number of para-hydroxylation sites is 1. The molecule has 20 heavy (non-hydrogen) atoms. The maximum atomic E-state index is 13.8. The van der Waals surface area contributed by atoms with E-state index in [1.807, 2.05) is 6.92 Å². The Morgan fingerprint density at radius 1 is 1.40 bits per heavy atom. The van der Waals surface area contributed by atoms with Crippen molar-refractivity contribution in [3.8, 4) is 0 Å². The Kier molecular flexibility index (Phi) is 5.31. The van der Waals surface area contributed by atoms with E-state index in [0.29, 0.717) is 38.4 Å². The normalized spacial score (nSPS) is 15.9. The summed E-state index contributed by atoms with van der Waals surface area (Å²) >= 11 is 0. The zero-order valence-corrected chi connectivity index (χ0v) is 11.6. The third-order valence-electron chi connectivity index (χ3n) is 3.08. The molecule has 6 heteroatoms. The van der Waals surface area contributed by atoms with Gasteiger partial charge in [0, 0.05) is 19.6 Å². The van der Waals surface area contributed by atoms with Crippen molar-refractivity contribution in [1.29, 1.82) is 0 Å². The third-order valence-corrected chi connectivity index (χ3v) is 3.08. The van der Waals surface area contributed by atoms with Gasteiger partial charge in [-0.05, 0) is 18.6 Å². The van der Waals surface area contributed by atoms with Gasteiger partial charge in [-0.3, -0.25) is 10.2 Å². The summed E-state index contributed by atoms with van der Waals surface area (Å²) in [7, 11) is 0. The van der Waals surface area contributed by atoms with Gasteiger partial charge in [0.15, 0.2) is 0 Å². The van der Waals surface area contributed by atoms with Crippen molar-refractivity contribution < 1.29 is 13.9 Å². The quantitative estimate of drug-likeness (QED) is 0.861. The number of amides is 1. The first-order valence-electron chi connectivity index (χ1n) is 6.88. The summed E-state index contributed by atoms with van der Waals surface area (Å²) < 4.78 is 19.1. The lowest BCUT2D eigenvalue weighted by molar-refractivity contribution is 0.0126. The third kappa shape index (κ3) is 3.68. The maximum Gasteiger partial charge on any atom is 0.267 e. The zero-order valence-electron chi connectivity index (χ0n) is 11.6. The van der Waals surface area contributed by atoms with Crippen LogP contribution in [0.25, 0.3) is 0 Å². The molecule has 0 atom stereocenters. The minimum Gasteiger partial charge on any atom is -0.382 e. The molecule has 0 aromatic heterocycles. The second kappa shape index (κ2) is 7.21. The first-order chi connectivity index (χ1) is 9.72. The molecular formula is C14H20FN3O2. The van der Waals surface area contributed by atoms with Crippen molar-refractivity contribution in [3.05, 3.63) is 29.6 Å². The molecule has 0 unspecified atom stereocenters. The molecule has 0 bridgehead atoms. The van der Waals surface area contributed by atoms with E-state index in [9.17, 15) is 9.18 Å². The molecule has 0 aliphatic carbocycles. The summed E-state index contributed by atoms with van der Waals surface area (Å²) in [5.41, 5.74) is 3.37. The van der Waals surface area contributed by atoms with Crippen LogP contribution in [0.15, 0.2) is 18.2 Å². The Morgan fingerprint density at radius 2 is 2.15 bits per heavy atom. The minimum atomic E-state index is -0.409. The summed E-state index contributed by atoms with van der Waals surface area (Å²) in [6.45, 7) is 5.06. The fourth-order valence-corrected chi connectivity index (χ4v) is 2.02. The molecule has 2 N–H and O–H groups in total. The Morgan fingerprint density at radius 3 is 2.85 bits per heavy atom.